The molecule has 2 rings (SSSR count). The third-order valence-electron chi connectivity index (χ3n) is 3.52. The molecule has 2 aliphatic heterocycles. The van der Waals surface area contributed by atoms with Crippen molar-refractivity contribution in [1.82, 2.24) is 10.6 Å². The van der Waals surface area contributed by atoms with Crippen LogP contribution >= 0.6 is 0 Å². The molecule has 0 aliphatic carbocycles. The number of ether oxygens (including phenoxy) is 1. The zero-order valence-corrected chi connectivity index (χ0v) is 9.34. The molecular formula is C11H20N2O2. The Morgan fingerprint density at radius 1 is 1.47 bits per heavy atom. The number of hydrogen-bond donors (Lipinski definition) is 2. The molecule has 86 valence electrons. The van der Waals surface area contributed by atoms with Gasteiger partial charge in [0.1, 0.15) is 0 Å². The van der Waals surface area contributed by atoms with Gasteiger partial charge in [0.2, 0.25) is 5.91 Å². The van der Waals surface area contributed by atoms with E-state index in [1.165, 1.54) is 0 Å². The summed E-state index contributed by atoms with van der Waals surface area (Å²) in [6.45, 7) is 5.43. The van der Waals surface area contributed by atoms with E-state index in [1.54, 1.807) is 0 Å². The summed E-state index contributed by atoms with van der Waals surface area (Å²) in [4.78, 5) is 12.1. The Kier molecular flexibility index (Phi) is 3.26. The summed E-state index contributed by atoms with van der Waals surface area (Å²) in [5.41, 5.74) is -0.173. The van der Waals surface area contributed by atoms with Gasteiger partial charge in [0.25, 0.3) is 0 Å². The van der Waals surface area contributed by atoms with E-state index in [0.717, 1.165) is 39.0 Å². The monoisotopic (exact) mass is 212 g/mol. The highest BCUT2D eigenvalue weighted by molar-refractivity contribution is 5.82. The van der Waals surface area contributed by atoms with Crippen LogP contribution < -0.4 is 10.6 Å². The number of hydrogen-bond acceptors (Lipinski definition) is 3. The van der Waals surface area contributed by atoms with Crippen LogP contribution in [0.2, 0.25) is 0 Å². The van der Waals surface area contributed by atoms with E-state index in [0.29, 0.717) is 6.61 Å². The van der Waals surface area contributed by atoms with Gasteiger partial charge in [0, 0.05) is 12.0 Å². The first-order valence-electron chi connectivity index (χ1n) is 5.80. The second kappa shape index (κ2) is 4.49. The fourth-order valence-corrected chi connectivity index (χ4v) is 2.21. The fraction of sp³-hybridized carbons (Fsp3) is 0.909. The maximum absolute atomic E-state index is 12.1. The molecule has 15 heavy (non-hydrogen) atoms. The topological polar surface area (TPSA) is 50.4 Å². The molecular weight excluding hydrogens is 192 g/mol. The van der Waals surface area contributed by atoms with E-state index in [4.69, 9.17) is 4.74 Å². The molecule has 2 saturated heterocycles. The molecule has 0 saturated carbocycles. The molecule has 2 aliphatic rings. The van der Waals surface area contributed by atoms with Crippen molar-refractivity contribution in [2.75, 3.05) is 26.3 Å². The van der Waals surface area contributed by atoms with Crippen molar-refractivity contribution in [1.29, 1.82) is 0 Å². The van der Waals surface area contributed by atoms with Crippen molar-refractivity contribution < 1.29 is 9.53 Å². The van der Waals surface area contributed by atoms with E-state index in [1.807, 2.05) is 0 Å². The molecule has 2 fully saturated rings. The maximum Gasteiger partial charge on any atom is 0.226 e. The Bertz CT molecular complexity index is 231. The lowest BCUT2D eigenvalue weighted by molar-refractivity contribution is -0.132. The van der Waals surface area contributed by atoms with Gasteiger partial charge in [-0.3, -0.25) is 4.79 Å². The summed E-state index contributed by atoms with van der Waals surface area (Å²) in [6, 6.07) is 0.240. The number of carbonyl (C=O) groups excluding carboxylic acids is 1. The minimum atomic E-state index is -0.173. The van der Waals surface area contributed by atoms with Crippen molar-refractivity contribution >= 4 is 5.91 Å². The number of amides is 1. The second-order valence-corrected chi connectivity index (χ2v) is 4.84. The molecule has 0 aromatic heterocycles. The zero-order chi connectivity index (χ0) is 10.7. The SMILES string of the molecule is CC1(C(=O)NC2CCOC2)CCNCC1. The smallest absolute Gasteiger partial charge is 0.226 e. The number of nitrogens with one attached hydrogen (secondary N) is 2. The van der Waals surface area contributed by atoms with Gasteiger partial charge in [-0.2, -0.15) is 0 Å². The van der Waals surface area contributed by atoms with Gasteiger partial charge in [-0.1, -0.05) is 6.92 Å². The van der Waals surface area contributed by atoms with Crippen LogP contribution in [0.5, 0.6) is 0 Å². The van der Waals surface area contributed by atoms with E-state index in [9.17, 15) is 4.79 Å². The van der Waals surface area contributed by atoms with Crippen molar-refractivity contribution in [3.05, 3.63) is 0 Å². The number of rotatable bonds is 2. The van der Waals surface area contributed by atoms with Crippen LogP contribution in [0.4, 0.5) is 0 Å². The molecule has 0 radical (unpaired) electrons. The Morgan fingerprint density at radius 2 is 2.20 bits per heavy atom. The predicted octanol–water partition coefficient (Wildman–Crippen LogP) is 0.281. The molecule has 0 aromatic rings. The normalized spacial score (nSPS) is 30.1. The maximum atomic E-state index is 12.1. The predicted molar refractivity (Wildman–Crippen MR) is 57.6 cm³/mol. The first-order chi connectivity index (χ1) is 7.21. The summed E-state index contributed by atoms with van der Waals surface area (Å²) in [5.74, 6) is 0.208. The van der Waals surface area contributed by atoms with Gasteiger partial charge < -0.3 is 15.4 Å². The number of carbonyl (C=O) groups is 1. The molecule has 0 aromatic carbocycles. The highest BCUT2D eigenvalue weighted by Gasteiger charge is 2.35. The Balaban J connectivity index is 1.87. The van der Waals surface area contributed by atoms with Crippen molar-refractivity contribution in [2.45, 2.75) is 32.2 Å². The number of piperidine rings is 1. The molecule has 2 N–H and O–H groups in total. The largest absolute Gasteiger partial charge is 0.379 e. The Hall–Kier alpha value is -0.610. The minimum absolute atomic E-state index is 0.173. The molecule has 4 heteroatoms. The molecule has 1 unspecified atom stereocenters. The van der Waals surface area contributed by atoms with Crippen molar-refractivity contribution in [3.8, 4) is 0 Å². The lowest BCUT2D eigenvalue weighted by Gasteiger charge is -2.33. The quantitative estimate of drug-likeness (QED) is 0.691. The molecule has 4 nitrogen and oxygen atoms in total. The van der Waals surface area contributed by atoms with Crippen LogP contribution in [-0.2, 0) is 9.53 Å². The lowest BCUT2D eigenvalue weighted by atomic mass is 9.80. The van der Waals surface area contributed by atoms with Crippen LogP contribution in [-0.4, -0.2) is 38.3 Å². The fourth-order valence-electron chi connectivity index (χ4n) is 2.21. The average Bonchev–Trinajstić information content (AvgIpc) is 2.71. The van der Waals surface area contributed by atoms with E-state index < -0.39 is 0 Å². The van der Waals surface area contributed by atoms with Crippen LogP contribution in [0.25, 0.3) is 0 Å². The van der Waals surface area contributed by atoms with Crippen LogP contribution in [0, 0.1) is 5.41 Å². The van der Waals surface area contributed by atoms with Crippen molar-refractivity contribution in [2.24, 2.45) is 5.41 Å². The lowest BCUT2D eigenvalue weighted by Crippen LogP contribution is -2.48. The summed E-state index contributed by atoms with van der Waals surface area (Å²) < 4.78 is 5.25. The average molecular weight is 212 g/mol. The van der Waals surface area contributed by atoms with Crippen molar-refractivity contribution in [3.63, 3.8) is 0 Å². The van der Waals surface area contributed by atoms with Gasteiger partial charge in [0.05, 0.1) is 12.6 Å². The highest BCUT2D eigenvalue weighted by Crippen LogP contribution is 2.28. The standard InChI is InChI=1S/C11H20N2O2/c1-11(3-5-12-6-4-11)10(14)13-9-2-7-15-8-9/h9,12H,2-8H2,1H3,(H,13,14). The van der Waals surface area contributed by atoms with Gasteiger partial charge >= 0.3 is 0 Å². The summed E-state index contributed by atoms with van der Waals surface area (Å²) in [7, 11) is 0. The third kappa shape index (κ3) is 2.49. The summed E-state index contributed by atoms with van der Waals surface area (Å²) >= 11 is 0. The summed E-state index contributed by atoms with van der Waals surface area (Å²) in [6.07, 6.45) is 2.83. The molecule has 0 spiro atoms. The van der Waals surface area contributed by atoms with Crippen LogP contribution in [0.15, 0.2) is 0 Å². The van der Waals surface area contributed by atoms with Gasteiger partial charge in [0.15, 0.2) is 0 Å². The molecule has 2 heterocycles. The zero-order valence-electron chi connectivity index (χ0n) is 9.34. The first kappa shape index (κ1) is 10.9. The van der Waals surface area contributed by atoms with Gasteiger partial charge in [-0.25, -0.2) is 0 Å². The molecule has 0 bridgehead atoms. The van der Waals surface area contributed by atoms with E-state index >= 15 is 0 Å². The van der Waals surface area contributed by atoms with E-state index in [2.05, 4.69) is 17.6 Å². The van der Waals surface area contributed by atoms with Gasteiger partial charge in [-0.05, 0) is 32.4 Å². The van der Waals surface area contributed by atoms with Crippen LogP contribution in [0.1, 0.15) is 26.2 Å². The molecule has 1 atom stereocenters. The van der Waals surface area contributed by atoms with Gasteiger partial charge in [-0.15, -0.1) is 0 Å². The first-order valence-corrected chi connectivity index (χ1v) is 5.80. The van der Waals surface area contributed by atoms with Crippen LogP contribution in [0.3, 0.4) is 0 Å². The second-order valence-electron chi connectivity index (χ2n) is 4.84. The molecule has 1 amide bonds. The Labute approximate surface area is 90.8 Å². The Morgan fingerprint density at radius 3 is 2.80 bits per heavy atom. The highest BCUT2D eigenvalue weighted by atomic mass is 16.5. The van der Waals surface area contributed by atoms with E-state index in [-0.39, 0.29) is 17.4 Å². The third-order valence-corrected chi connectivity index (χ3v) is 3.52. The minimum Gasteiger partial charge on any atom is -0.379 e. The summed E-state index contributed by atoms with van der Waals surface area (Å²) in [5, 5.41) is 6.38.